The number of nitrogens with zero attached hydrogens (tertiary/aromatic N) is 2. The monoisotopic (exact) mass is 378 g/mol. The van der Waals surface area contributed by atoms with Crippen molar-refractivity contribution in [1.29, 1.82) is 0 Å². The van der Waals surface area contributed by atoms with Crippen LogP contribution in [-0.2, 0) is 14.3 Å². The van der Waals surface area contributed by atoms with Crippen LogP contribution in [-0.4, -0.2) is 53.4 Å². The number of amides is 3. The Bertz CT molecular complexity index is 927. The molecule has 0 spiro atoms. The highest BCUT2D eigenvalue weighted by Crippen LogP contribution is 2.45. The molecule has 0 aromatic heterocycles. The number of carbonyl (C=O) groups excluding carboxylic acids is 3. The lowest BCUT2D eigenvalue weighted by atomic mass is 9.87. The SMILES string of the molecule is O=C(C1c2ccccc2Oc2ccccc21)N1CCC(N2C(=O)COC2=O)C1. The van der Waals surface area contributed by atoms with Crippen LogP contribution in [0.2, 0.25) is 0 Å². The molecule has 0 aliphatic carbocycles. The van der Waals surface area contributed by atoms with Gasteiger partial charge in [-0.2, -0.15) is 0 Å². The largest absolute Gasteiger partial charge is 0.457 e. The molecule has 142 valence electrons. The zero-order valence-corrected chi connectivity index (χ0v) is 15.0. The summed E-state index contributed by atoms with van der Waals surface area (Å²) in [7, 11) is 0. The van der Waals surface area contributed by atoms with E-state index in [2.05, 4.69) is 0 Å². The molecular formula is C21H18N2O5. The fourth-order valence-electron chi connectivity index (χ4n) is 4.23. The van der Waals surface area contributed by atoms with E-state index in [4.69, 9.17) is 9.47 Å². The van der Waals surface area contributed by atoms with E-state index in [1.54, 1.807) is 4.90 Å². The molecule has 1 unspecified atom stereocenters. The van der Waals surface area contributed by atoms with E-state index in [9.17, 15) is 14.4 Å². The smallest absolute Gasteiger partial charge is 0.417 e. The third-order valence-corrected chi connectivity index (χ3v) is 5.55. The highest BCUT2D eigenvalue weighted by atomic mass is 16.6. The second kappa shape index (κ2) is 6.37. The number of imide groups is 1. The van der Waals surface area contributed by atoms with Gasteiger partial charge in [0.25, 0.3) is 5.91 Å². The van der Waals surface area contributed by atoms with Gasteiger partial charge in [-0.1, -0.05) is 36.4 Å². The highest BCUT2D eigenvalue weighted by Gasteiger charge is 2.43. The number of carbonyl (C=O) groups is 3. The van der Waals surface area contributed by atoms with Crippen LogP contribution in [0.25, 0.3) is 0 Å². The van der Waals surface area contributed by atoms with Gasteiger partial charge in [0.15, 0.2) is 6.61 Å². The van der Waals surface area contributed by atoms with E-state index in [0.717, 1.165) is 16.0 Å². The lowest BCUT2D eigenvalue weighted by molar-refractivity contribution is -0.132. The Kier molecular flexibility index (Phi) is 3.82. The molecule has 3 heterocycles. The van der Waals surface area contributed by atoms with E-state index in [1.807, 2.05) is 48.5 Å². The van der Waals surface area contributed by atoms with E-state index in [-0.39, 0.29) is 24.5 Å². The summed E-state index contributed by atoms with van der Waals surface area (Å²) in [6.45, 7) is 0.591. The zero-order valence-electron chi connectivity index (χ0n) is 15.0. The Morgan fingerprint density at radius 1 is 0.964 bits per heavy atom. The summed E-state index contributed by atoms with van der Waals surface area (Å²) < 4.78 is 10.8. The molecule has 0 radical (unpaired) electrons. The lowest BCUT2D eigenvalue weighted by Gasteiger charge is -2.30. The Labute approximate surface area is 161 Å². The second-order valence-corrected chi connectivity index (χ2v) is 7.16. The van der Waals surface area contributed by atoms with Crippen molar-refractivity contribution in [3.63, 3.8) is 0 Å². The molecule has 5 rings (SSSR count). The van der Waals surface area contributed by atoms with Crippen LogP contribution in [0.4, 0.5) is 4.79 Å². The summed E-state index contributed by atoms with van der Waals surface area (Å²) in [6, 6.07) is 14.7. The fourth-order valence-corrected chi connectivity index (χ4v) is 4.23. The number of rotatable bonds is 2. The normalized spacial score (nSPS) is 21.2. The summed E-state index contributed by atoms with van der Waals surface area (Å²) in [5, 5.41) is 0. The topological polar surface area (TPSA) is 76.2 Å². The van der Waals surface area contributed by atoms with Gasteiger partial charge in [0.1, 0.15) is 11.5 Å². The van der Waals surface area contributed by atoms with Gasteiger partial charge in [0.2, 0.25) is 5.91 Å². The average molecular weight is 378 g/mol. The number of benzene rings is 2. The standard InChI is InChI=1S/C21H18N2O5/c24-18-12-27-21(26)23(18)13-9-10-22(11-13)20(25)19-14-5-1-3-7-16(14)28-17-8-4-2-6-15(17)19/h1-8,13,19H,9-12H2. The van der Waals surface area contributed by atoms with Crippen LogP contribution in [0.1, 0.15) is 23.5 Å². The van der Waals surface area contributed by atoms with Gasteiger partial charge in [-0.3, -0.25) is 9.59 Å². The number of para-hydroxylation sites is 2. The van der Waals surface area contributed by atoms with Crippen molar-refractivity contribution >= 4 is 17.9 Å². The maximum atomic E-state index is 13.5. The Morgan fingerprint density at radius 2 is 1.61 bits per heavy atom. The van der Waals surface area contributed by atoms with Gasteiger partial charge in [-0.05, 0) is 18.6 Å². The summed E-state index contributed by atoms with van der Waals surface area (Å²) in [5.41, 5.74) is 1.65. The van der Waals surface area contributed by atoms with Crippen molar-refractivity contribution in [2.75, 3.05) is 19.7 Å². The molecule has 0 N–H and O–H groups in total. The second-order valence-electron chi connectivity index (χ2n) is 7.16. The molecule has 28 heavy (non-hydrogen) atoms. The van der Waals surface area contributed by atoms with Crippen molar-refractivity contribution in [3.8, 4) is 11.5 Å². The van der Waals surface area contributed by atoms with Crippen LogP contribution in [0, 0.1) is 0 Å². The first-order valence-electron chi connectivity index (χ1n) is 9.27. The van der Waals surface area contributed by atoms with Crippen LogP contribution < -0.4 is 4.74 Å². The minimum absolute atomic E-state index is 0.0503. The fraction of sp³-hybridized carbons (Fsp3) is 0.286. The van der Waals surface area contributed by atoms with Crippen LogP contribution in [0.5, 0.6) is 11.5 Å². The van der Waals surface area contributed by atoms with Gasteiger partial charge in [-0.15, -0.1) is 0 Å². The zero-order chi connectivity index (χ0) is 19.3. The molecule has 7 nitrogen and oxygen atoms in total. The first kappa shape index (κ1) is 16.8. The average Bonchev–Trinajstić information content (AvgIpc) is 3.32. The Hall–Kier alpha value is -3.35. The van der Waals surface area contributed by atoms with Crippen molar-refractivity contribution in [3.05, 3.63) is 59.7 Å². The number of ether oxygens (including phenoxy) is 2. The predicted molar refractivity (Wildman–Crippen MR) is 98.0 cm³/mol. The van der Waals surface area contributed by atoms with Crippen LogP contribution in [0.3, 0.4) is 0 Å². The summed E-state index contributed by atoms with van der Waals surface area (Å²) in [5.74, 6) is 0.486. The first-order chi connectivity index (χ1) is 13.6. The molecule has 3 aliphatic rings. The summed E-state index contributed by atoms with van der Waals surface area (Å²) in [4.78, 5) is 40.2. The van der Waals surface area contributed by atoms with Crippen molar-refractivity contribution in [2.24, 2.45) is 0 Å². The third kappa shape index (κ3) is 2.54. The molecular weight excluding hydrogens is 360 g/mol. The maximum absolute atomic E-state index is 13.5. The van der Waals surface area contributed by atoms with Gasteiger partial charge in [-0.25, -0.2) is 9.69 Å². The van der Waals surface area contributed by atoms with Gasteiger partial charge in [0.05, 0.1) is 12.0 Å². The molecule has 0 saturated carbocycles. The minimum Gasteiger partial charge on any atom is -0.457 e. The number of hydrogen-bond acceptors (Lipinski definition) is 5. The first-order valence-corrected chi connectivity index (χ1v) is 9.27. The van der Waals surface area contributed by atoms with E-state index >= 15 is 0 Å². The number of likely N-dealkylation sites (tertiary alicyclic amines) is 1. The third-order valence-electron chi connectivity index (χ3n) is 5.55. The van der Waals surface area contributed by atoms with Gasteiger partial charge >= 0.3 is 6.09 Å². The van der Waals surface area contributed by atoms with Crippen molar-refractivity contribution in [2.45, 2.75) is 18.4 Å². The maximum Gasteiger partial charge on any atom is 0.417 e. The quantitative estimate of drug-likeness (QED) is 0.803. The van der Waals surface area contributed by atoms with E-state index in [1.165, 1.54) is 0 Å². The molecule has 2 aromatic carbocycles. The van der Waals surface area contributed by atoms with Gasteiger partial charge < -0.3 is 14.4 Å². The number of hydrogen-bond donors (Lipinski definition) is 0. The lowest BCUT2D eigenvalue weighted by Crippen LogP contribution is -2.43. The van der Waals surface area contributed by atoms with Crippen LogP contribution in [0.15, 0.2) is 48.5 Å². The molecule has 2 saturated heterocycles. The molecule has 3 amide bonds. The molecule has 2 fully saturated rings. The Morgan fingerprint density at radius 3 is 2.21 bits per heavy atom. The number of fused-ring (bicyclic) bond motifs is 2. The van der Waals surface area contributed by atoms with Crippen LogP contribution >= 0.6 is 0 Å². The minimum atomic E-state index is -0.619. The van der Waals surface area contributed by atoms with Crippen molar-refractivity contribution in [1.82, 2.24) is 9.80 Å². The number of cyclic esters (lactones) is 1. The molecule has 0 bridgehead atoms. The summed E-state index contributed by atoms with van der Waals surface area (Å²) >= 11 is 0. The summed E-state index contributed by atoms with van der Waals surface area (Å²) in [6.07, 6.45) is -0.0647. The van der Waals surface area contributed by atoms with Gasteiger partial charge in [0, 0.05) is 24.2 Å². The predicted octanol–water partition coefficient (Wildman–Crippen LogP) is 2.50. The molecule has 7 heteroatoms. The van der Waals surface area contributed by atoms with Crippen molar-refractivity contribution < 1.29 is 23.9 Å². The molecule has 3 aliphatic heterocycles. The molecule has 2 aromatic rings. The highest BCUT2D eigenvalue weighted by molar-refractivity contribution is 5.98. The molecule has 1 atom stereocenters. The van der Waals surface area contributed by atoms with E-state index in [0.29, 0.717) is 31.0 Å². The Balaban J connectivity index is 1.45. The van der Waals surface area contributed by atoms with E-state index < -0.39 is 12.0 Å².